The second-order valence-electron chi connectivity index (χ2n) is 5.81. The summed E-state index contributed by atoms with van der Waals surface area (Å²) in [5.74, 6) is -0.592. The zero-order valence-electron chi connectivity index (χ0n) is 12.7. The molecule has 0 aliphatic carbocycles. The molecule has 12 heteroatoms. The summed E-state index contributed by atoms with van der Waals surface area (Å²) in [5, 5.41) is 20.9. The molecule has 0 atom stereocenters. The van der Waals surface area contributed by atoms with Gasteiger partial charge in [-0.1, -0.05) is 12.1 Å². The van der Waals surface area contributed by atoms with Gasteiger partial charge in [0.1, 0.15) is 21.3 Å². The molecule has 0 aliphatic rings. The Morgan fingerprint density at radius 1 is 0.571 bits per heavy atom. The van der Waals surface area contributed by atoms with Gasteiger partial charge >= 0.3 is 59.1 Å². The monoisotopic (exact) mass is 442 g/mol. The van der Waals surface area contributed by atoms with Crippen LogP contribution in [0.2, 0.25) is 0 Å². The van der Waals surface area contributed by atoms with E-state index in [1.54, 1.807) is 0 Å². The molecule has 138 valence electrons. The molecule has 4 aromatic rings. The van der Waals surface area contributed by atoms with Crippen LogP contribution >= 0.6 is 0 Å². The van der Waals surface area contributed by atoms with Crippen LogP contribution in [0.4, 0.5) is 0 Å². The normalized spacial score (nSPS) is 12.2. The van der Waals surface area contributed by atoms with Gasteiger partial charge in [0.2, 0.25) is 0 Å². The predicted molar refractivity (Wildman–Crippen MR) is 107 cm³/mol. The summed E-state index contributed by atoms with van der Waals surface area (Å²) in [4.78, 5) is -1.43. The van der Waals surface area contributed by atoms with Gasteiger partial charge in [0.15, 0.2) is 0 Å². The van der Waals surface area contributed by atoms with Crippen molar-refractivity contribution in [2.75, 3.05) is 0 Å². The van der Waals surface area contributed by atoms with E-state index in [0.29, 0.717) is 6.07 Å². The molecule has 0 amide bonds. The second-order valence-corrected chi connectivity index (χ2v) is 8.59. The minimum absolute atomic E-state index is 0. The van der Waals surface area contributed by atoms with Crippen molar-refractivity contribution < 1.29 is 36.2 Å². The van der Waals surface area contributed by atoms with Crippen LogP contribution in [0.3, 0.4) is 0 Å². The quantitative estimate of drug-likeness (QED) is 0.205. The summed E-state index contributed by atoms with van der Waals surface area (Å²) < 4.78 is 66.1. The average molecular weight is 442 g/mol. The number of hydrogen-bond donors (Lipinski definition) is 4. The molecular formula is C16H12Na2O8S2. The molecule has 0 unspecified atom stereocenters. The van der Waals surface area contributed by atoms with Crippen molar-refractivity contribution in [2.45, 2.75) is 9.79 Å². The summed E-state index contributed by atoms with van der Waals surface area (Å²) in [6, 6.07) is 7.16. The van der Waals surface area contributed by atoms with Crippen LogP contribution in [-0.4, -0.2) is 95.3 Å². The van der Waals surface area contributed by atoms with E-state index in [4.69, 9.17) is 0 Å². The van der Waals surface area contributed by atoms with Crippen LogP contribution in [0.5, 0.6) is 11.5 Å². The Labute approximate surface area is 203 Å². The molecule has 28 heavy (non-hydrogen) atoms. The van der Waals surface area contributed by atoms with Crippen molar-refractivity contribution in [3.63, 3.8) is 0 Å². The van der Waals surface area contributed by atoms with Crippen molar-refractivity contribution >= 4 is 112 Å². The van der Waals surface area contributed by atoms with E-state index in [2.05, 4.69) is 0 Å². The molecule has 4 rings (SSSR count). The predicted octanol–water partition coefficient (Wildman–Crippen LogP) is 1.19. The van der Waals surface area contributed by atoms with Crippen LogP contribution in [0.15, 0.2) is 46.2 Å². The van der Waals surface area contributed by atoms with Crippen LogP contribution in [-0.2, 0) is 20.2 Å². The van der Waals surface area contributed by atoms with E-state index >= 15 is 0 Å². The summed E-state index contributed by atoms with van der Waals surface area (Å²) >= 11 is 0. The van der Waals surface area contributed by atoms with Gasteiger partial charge in [-0.2, -0.15) is 16.8 Å². The fourth-order valence-corrected chi connectivity index (χ4v) is 4.82. The Morgan fingerprint density at radius 2 is 0.893 bits per heavy atom. The molecule has 0 saturated carbocycles. The number of aromatic hydroxyl groups is 2. The Hall–Kier alpha value is -0.660. The molecule has 0 bridgehead atoms. The molecule has 4 N–H and O–H groups in total. The second kappa shape index (κ2) is 7.55. The van der Waals surface area contributed by atoms with Crippen molar-refractivity contribution in [2.24, 2.45) is 0 Å². The average Bonchev–Trinajstić information content (AvgIpc) is 2.52. The van der Waals surface area contributed by atoms with Gasteiger partial charge in [-0.15, -0.1) is 0 Å². The Morgan fingerprint density at radius 3 is 1.25 bits per heavy atom. The van der Waals surface area contributed by atoms with E-state index in [1.165, 1.54) is 24.3 Å². The first-order valence-electron chi connectivity index (χ1n) is 7.11. The topological polar surface area (TPSA) is 149 Å². The number of phenols is 2. The van der Waals surface area contributed by atoms with Crippen molar-refractivity contribution in [1.82, 2.24) is 0 Å². The third-order valence-corrected chi connectivity index (χ3v) is 6.12. The standard InChI is InChI=1S/C16H10O8S2.2Na.2H/c17-11-5-12(18)8-2-4-10-14(26(22,23)24)6-13(25(19,20)21)9-3-1-7(11)15(8)16(9)10;;;;/h1-6,17-18H,(H,19,20,21)(H,22,23,24);;;;. The molecule has 0 heterocycles. The summed E-state index contributed by atoms with van der Waals surface area (Å²) in [6.07, 6.45) is 0. The van der Waals surface area contributed by atoms with Gasteiger partial charge in [0.25, 0.3) is 20.2 Å². The zero-order valence-corrected chi connectivity index (χ0v) is 14.3. The Kier molecular flexibility index (Phi) is 6.37. The number of phenolic OH excluding ortho intramolecular Hbond substituents is 2. The molecule has 0 saturated heterocycles. The minimum atomic E-state index is -4.83. The first kappa shape index (κ1) is 23.6. The fourth-order valence-electron chi connectivity index (χ4n) is 3.32. The maximum absolute atomic E-state index is 11.8. The van der Waals surface area contributed by atoms with Crippen LogP contribution < -0.4 is 0 Å². The Bertz CT molecular complexity index is 1340. The van der Waals surface area contributed by atoms with Crippen LogP contribution in [0.25, 0.3) is 32.3 Å². The molecule has 0 aromatic heterocycles. The first-order chi connectivity index (χ1) is 12.0. The molecular weight excluding hydrogens is 430 g/mol. The van der Waals surface area contributed by atoms with E-state index in [9.17, 15) is 36.2 Å². The zero-order chi connectivity index (χ0) is 19.0. The van der Waals surface area contributed by atoms with Gasteiger partial charge in [-0.3, -0.25) is 9.11 Å². The number of benzene rings is 4. The van der Waals surface area contributed by atoms with Crippen LogP contribution in [0, 0.1) is 0 Å². The van der Waals surface area contributed by atoms with E-state index in [1.807, 2.05) is 0 Å². The molecule has 8 nitrogen and oxygen atoms in total. The van der Waals surface area contributed by atoms with Crippen molar-refractivity contribution in [3.8, 4) is 11.5 Å². The Balaban J connectivity index is 0.00000140. The van der Waals surface area contributed by atoms with Crippen molar-refractivity contribution in [1.29, 1.82) is 0 Å². The van der Waals surface area contributed by atoms with E-state index in [-0.39, 0.29) is 103 Å². The SMILES string of the molecule is O=S(=O)(O)c1cc(S(=O)(=O)O)c2ccc3c(O)cc(O)c4ccc1c2c43.[NaH].[NaH]. The number of hydrogen-bond acceptors (Lipinski definition) is 6. The summed E-state index contributed by atoms with van der Waals surface area (Å²) in [7, 11) is -9.66. The van der Waals surface area contributed by atoms with E-state index < -0.39 is 30.0 Å². The van der Waals surface area contributed by atoms with E-state index in [0.717, 1.165) is 6.07 Å². The first-order valence-corrected chi connectivity index (χ1v) is 9.99. The van der Waals surface area contributed by atoms with Gasteiger partial charge in [0.05, 0.1) is 0 Å². The third-order valence-electron chi connectivity index (χ3n) is 4.33. The molecule has 0 fully saturated rings. The summed E-state index contributed by atoms with van der Waals surface area (Å²) in [6.45, 7) is 0. The van der Waals surface area contributed by atoms with Gasteiger partial charge < -0.3 is 10.2 Å². The van der Waals surface area contributed by atoms with Crippen LogP contribution in [0.1, 0.15) is 0 Å². The maximum atomic E-state index is 11.8. The molecule has 0 radical (unpaired) electrons. The summed E-state index contributed by atoms with van der Waals surface area (Å²) in [5.41, 5.74) is 0. The molecule has 0 aliphatic heterocycles. The number of rotatable bonds is 2. The van der Waals surface area contributed by atoms with Gasteiger partial charge in [-0.25, -0.2) is 0 Å². The fraction of sp³-hybridized carbons (Fsp3) is 0. The van der Waals surface area contributed by atoms with Gasteiger partial charge in [0, 0.05) is 38.4 Å². The van der Waals surface area contributed by atoms with Crippen molar-refractivity contribution in [3.05, 3.63) is 36.4 Å². The third kappa shape index (κ3) is 3.52. The van der Waals surface area contributed by atoms with Gasteiger partial charge in [-0.05, 0) is 18.2 Å². The molecule has 4 aromatic carbocycles. The molecule has 0 spiro atoms.